The van der Waals surface area contributed by atoms with E-state index in [1.807, 2.05) is 29.9 Å². The molecule has 0 aliphatic carbocycles. The van der Waals surface area contributed by atoms with Gasteiger partial charge in [0.25, 0.3) is 0 Å². The molecule has 1 heterocycles. The summed E-state index contributed by atoms with van der Waals surface area (Å²) in [6.07, 6.45) is 2.63. The van der Waals surface area contributed by atoms with Gasteiger partial charge in [-0.15, -0.1) is 0 Å². The molecular formula is C22H24N4. The van der Waals surface area contributed by atoms with Crippen LogP contribution in [0.25, 0.3) is 16.9 Å². The maximum Gasteiger partial charge on any atom is 0.0972 e. The molecule has 4 nitrogen and oxygen atoms in total. The fourth-order valence-electron chi connectivity index (χ4n) is 2.98. The van der Waals surface area contributed by atoms with Crippen molar-refractivity contribution in [3.63, 3.8) is 0 Å². The van der Waals surface area contributed by atoms with E-state index in [9.17, 15) is 0 Å². The SMILES string of the molecule is Cc1ccc(-c2nn(-c3ccccc3)cc2CN(C)CCC#N)cc1C. The van der Waals surface area contributed by atoms with Gasteiger partial charge in [-0.25, -0.2) is 4.68 Å². The van der Waals surface area contributed by atoms with Crippen LogP contribution in [0.4, 0.5) is 0 Å². The van der Waals surface area contributed by atoms with Gasteiger partial charge >= 0.3 is 0 Å². The van der Waals surface area contributed by atoms with Crippen molar-refractivity contribution in [1.82, 2.24) is 14.7 Å². The van der Waals surface area contributed by atoms with E-state index in [2.05, 4.69) is 61.3 Å². The molecule has 0 saturated carbocycles. The Morgan fingerprint density at radius 3 is 2.54 bits per heavy atom. The van der Waals surface area contributed by atoms with E-state index < -0.39 is 0 Å². The normalized spacial score (nSPS) is 10.9. The van der Waals surface area contributed by atoms with Gasteiger partial charge in [0.15, 0.2) is 0 Å². The zero-order valence-electron chi connectivity index (χ0n) is 15.6. The molecule has 0 unspecified atom stereocenters. The lowest BCUT2D eigenvalue weighted by Crippen LogP contribution is -2.18. The summed E-state index contributed by atoms with van der Waals surface area (Å²) >= 11 is 0. The molecule has 3 rings (SSSR count). The summed E-state index contributed by atoms with van der Waals surface area (Å²) in [6.45, 7) is 5.76. The molecule has 132 valence electrons. The highest BCUT2D eigenvalue weighted by Gasteiger charge is 2.14. The van der Waals surface area contributed by atoms with Crippen LogP contribution in [0.2, 0.25) is 0 Å². The predicted octanol–water partition coefficient (Wildman–Crippen LogP) is 4.50. The summed E-state index contributed by atoms with van der Waals surface area (Å²) in [7, 11) is 2.04. The van der Waals surface area contributed by atoms with Crippen molar-refractivity contribution in [3.05, 3.63) is 71.4 Å². The summed E-state index contributed by atoms with van der Waals surface area (Å²) in [6, 6.07) is 18.9. The van der Waals surface area contributed by atoms with Crippen LogP contribution in [-0.2, 0) is 6.54 Å². The molecule has 2 aromatic carbocycles. The molecule has 0 fully saturated rings. The summed E-state index contributed by atoms with van der Waals surface area (Å²) in [5.74, 6) is 0. The Balaban J connectivity index is 2.01. The number of hydrogen-bond acceptors (Lipinski definition) is 3. The molecule has 1 aromatic heterocycles. The van der Waals surface area contributed by atoms with Gasteiger partial charge in [0.05, 0.1) is 17.5 Å². The average molecular weight is 344 g/mol. The summed E-state index contributed by atoms with van der Waals surface area (Å²) in [5, 5.41) is 13.7. The lowest BCUT2D eigenvalue weighted by Gasteiger charge is -2.14. The second kappa shape index (κ2) is 7.99. The van der Waals surface area contributed by atoms with Crippen LogP contribution in [-0.4, -0.2) is 28.3 Å². The minimum Gasteiger partial charge on any atom is -0.301 e. The van der Waals surface area contributed by atoms with Gasteiger partial charge in [0.2, 0.25) is 0 Å². The summed E-state index contributed by atoms with van der Waals surface area (Å²) in [4.78, 5) is 2.17. The highest BCUT2D eigenvalue weighted by Crippen LogP contribution is 2.26. The van der Waals surface area contributed by atoms with Gasteiger partial charge in [0.1, 0.15) is 0 Å². The predicted molar refractivity (Wildman–Crippen MR) is 105 cm³/mol. The van der Waals surface area contributed by atoms with Crippen molar-refractivity contribution in [3.8, 4) is 23.0 Å². The van der Waals surface area contributed by atoms with Gasteiger partial charge < -0.3 is 4.90 Å². The smallest absolute Gasteiger partial charge is 0.0972 e. The first-order chi connectivity index (χ1) is 12.6. The Morgan fingerprint density at radius 2 is 1.85 bits per heavy atom. The number of para-hydroxylation sites is 1. The third-order valence-corrected chi connectivity index (χ3v) is 4.64. The van der Waals surface area contributed by atoms with Crippen molar-refractivity contribution >= 4 is 0 Å². The van der Waals surface area contributed by atoms with Gasteiger partial charge in [0, 0.05) is 36.8 Å². The van der Waals surface area contributed by atoms with E-state index in [4.69, 9.17) is 10.4 Å². The number of rotatable bonds is 6. The van der Waals surface area contributed by atoms with Gasteiger partial charge in [-0.05, 0) is 50.2 Å². The van der Waals surface area contributed by atoms with E-state index in [-0.39, 0.29) is 0 Å². The number of benzene rings is 2. The molecule has 0 spiro atoms. The van der Waals surface area contributed by atoms with Crippen LogP contribution < -0.4 is 0 Å². The summed E-state index contributed by atoms with van der Waals surface area (Å²) in [5.41, 5.74) is 6.89. The van der Waals surface area contributed by atoms with Gasteiger partial charge in [-0.1, -0.05) is 30.3 Å². The highest BCUT2D eigenvalue weighted by molar-refractivity contribution is 5.64. The third kappa shape index (κ3) is 4.01. The number of aromatic nitrogens is 2. The van der Waals surface area contributed by atoms with Crippen molar-refractivity contribution in [2.75, 3.05) is 13.6 Å². The van der Waals surface area contributed by atoms with Crippen molar-refractivity contribution in [1.29, 1.82) is 5.26 Å². The average Bonchev–Trinajstić information content (AvgIpc) is 3.06. The first-order valence-electron chi connectivity index (χ1n) is 8.85. The fourth-order valence-corrected chi connectivity index (χ4v) is 2.98. The Morgan fingerprint density at radius 1 is 1.08 bits per heavy atom. The standard InChI is InChI=1S/C22H24N4/c1-17-10-11-19(14-18(17)2)22-20(15-25(3)13-7-12-23)16-26(24-22)21-8-5-4-6-9-21/h4-6,8-11,14,16H,7,13,15H2,1-3H3. The van der Waals surface area contributed by atoms with Crippen molar-refractivity contribution in [2.45, 2.75) is 26.8 Å². The van der Waals surface area contributed by atoms with Crippen LogP contribution >= 0.6 is 0 Å². The van der Waals surface area contributed by atoms with Crippen LogP contribution in [0.15, 0.2) is 54.7 Å². The molecule has 0 bridgehead atoms. The maximum absolute atomic E-state index is 8.83. The lowest BCUT2D eigenvalue weighted by molar-refractivity contribution is 0.335. The first-order valence-corrected chi connectivity index (χ1v) is 8.85. The zero-order valence-corrected chi connectivity index (χ0v) is 15.6. The topological polar surface area (TPSA) is 44.9 Å². The highest BCUT2D eigenvalue weighted by atomic mass is 15.3. The van der Waals surface area contributed by atoms with E-state index >= 15 is 0 Å². The van der Waals surface area contributed by atoms with E-state index in [0.29, 0.717) is 6.42 Å². The van der Waals surface area contributed by atoms with E-state index in [0.717, 1.165) is 35.6 Å². The summed E-state index contributed by atoms with van der Waals surface area (Å²) < 4.78 is 1.94. The Kier molecular flexibility index (Phi) is 5.50. The number of aryl methyl sites for hydroxylation is 2. The third-order valence-electron chi connectivity index (χ3n) is 4.64. The Bertz CT molecular complexity index is 919. The molecule has 26 heavy (non-hydrogen) atoms. The van der Waals surface area contributed by atoms with Crippen LogP contribution in [0.1, 0.15) is 23.1 Å². The van der Waals surface area contributed by atoms with E-state index in [1.165, 1.54) is 11.1 Å². The number of nitriles is 1. The first kappa shape index (κ1) is 17.9. The number of hydrogen-bond donors (Lipinski definition) is 0. The molecule has 0 atom stereocenters. The second-order valence-corrected chi connectivity index (χ2v) is 6.73. The van der Waals surface area contributed by atoms with Gasteiger partial charge in [-0.3, -0.25) is 0 Å². The van der Waals surface area contributed by atoms with Crippen LogP contribution in [0.5, 0.6) is 0 Å². The van der Waals surface area contributed by atoms with Crippen LogP contribution in [0, 0.1) is 25.2 Å². The quantitative estimate of drug-likeness (QED) is 0.661. The minimum absolute atomic E-state index is 0.530. The lowest BCUT2D eigenvalue weighted by atomic mass is 10.0. The van der Waals surface area contributed by atoms with Crippen LogP contribution in [0.3, 0.4) is 0 Å². The molecule has 3 aromatic rings. The molecule has 0 N–H and O–H groups in total. The molecular weight excluding hydrogens is 320 g/mol. The fraction of sp³-hybridized carbons (Fsp3) is 0.273. The zero-order chi connectivity index (χ0) is 18.5. The van der Waals surface area contributed by atoms with Crippen molar-refractivity contribution in [2.24, 2.45) is 0 Å². The monoisotopic (exact) mass is 344 g/mol. The van der Waals surface area contributed by atoms with Gasteiger partial charge in [-0.2, -0.15) is 10.4 Å². The molecule has 4 heteroatoms. The second-order valence-electron chi connectivity index (χ2n) is 6.73. The largest absolute Gasteiger partial charge is 0.301 e. The molecule has 0 saturated heterocycles. The minimum atomic E-state index is 0.530. The molecule has 0 aliphatic rings. The maximum atomic E-state index is 8.83. The Hall–Kier alpha value is -2.90. The number of nitrogens with zero attached hydrogens (tertiary/aromatic N) is 4. The molecule has 0 aliphatic heterocycles. The molecule has 0 amide bonds. The van der Waals surface area contributed by atoms with Crippen molar-refractivity contribution < 1.29 is 0 Å². The Labute approximate surface area is 155 Å². The van der Waals surface area contributed by atoms with E-state index in [1.54, 1.807) is 0 Å². The molecule has 0 radical (unpaired) electrons.